The van der Waals surface area contributed by atoms with E-state index in [1.807, 2.05) is 0 Å². The summed E-state index contributed by atoms with van der Waals surface area (Å²) in [5.41, 5.74) is 6.81. The second-order valence-corrected chi connectivity index (χ2v) is 6.06. The molecule has 2 aromatic heterocycles. The van der Waals surface area contributed by atoms with E-state index in [0.29, 0.717) is 6.54 Å². The van der Waals surface area contributed by atoms with Crippen LogP contribution in [0.1, 0.15) is 21.9 Å². The third-order valence-electron chi connectivity index (χ3n) is 2.44. The van der Waals surface area contributed by atoms with Crippen LogP contribution in [0.2, 0.25) is 0 Å². The van der Waals surface area contributed by atoms with E-state index in [4.69, 9.17) is 5.73 Å². The molecule has 0 aromatic carbocycles. The third kappa shape index (κ3) is 2.48. The Morgan fingerprint density at radius 2 is 2.06 bits per heavy atom. The Hall–Kier alpha value is -0.780. The Labute approximate surface area is 103 Å². The molecule has 0 unspecified atom stereocenters. The quantitative estimate of drug-likeness (QED) is 0.911. The number of hydrogen-bond donors (Lipinski definition) is 1. The van der Waals surface area contributed by atoms with E-state index in [1.54, 1.807) is 22.7 Å². The fourth-order valence-electron chi connectivity index (χ4n) is 1.39. The fraction of sp³-hybridized carbons (Fsp3) is 0.455. The van der Waals surface area contributed by atoms with Crippen LogP contribution in [-0.4, -0.2) is 16.7 Å². The molecule has 0 aliphatic heterocycles. The topological polar surface area (TPSA) is 51.8 Å². The minimum atomic E-state index is 0.714. The number of rotatable bonds is 4. The minimum absolute atomic E-state index is 0.714. The Morgan fingerprint density at radius 1 is 1.25 bits per heavy atom. The largest absolute Gasteiger partial charge is 0.330 e. The Morgan fingerprint density at radius 3 is 2.69 bits per heavy atom. The van der Waals surface area contributed by atoms with Gasteiger partial charge in [-0.05, 0) is 38.4 Å². The molecule has 0 aliphatic carbocycles. The molecule has 0 amide bonds. The molecule has 86 valence electrons. The minimum Gasteiger partial charge on any atom is -0.330 e. The molecule has 3 nitrogen and oxygen atoms in total. The van der Waals surface area contributed by atoms with Gasteiger partial charge in [0.1, 0.15) is 5.01 Å². The molecular weight excluding hydrogens is 238 g/mol. The van der Waals surface area contributed by atoms with Crippen molar-refractivity contribution in [2.75, 3.05) is 6.54 Å². The summed E-state index contributed by atoms with van der Waals surface area (Å²) in [5.74, 6) is 0. The van der Waals surface area contributed by atoms with Gasteiger partial charge in [0.25, 0.3) is 0 Å². The third-order valence-corrected chi connectivity index (χ3v) is 4.74. The molecule has 2 aromatic rings. The molecule has 2 rings (SSSR count). The lowest BCUT2D eigenvalue weighted by molar-refractivity contribution is 0.812. The number of aryl methyl sites for hydroxylation is 3. The second-order valence-electron chi connectivity index (χ2n) is 3.74. The summed E-state index contributed by atoms with van der Waals surface area (Å²) in [6.45, 7) is 4.98. The maximum Gasteiger partial charge on any atom is 0.157 e. The van der Waals surface area contributed by atoms with Gasteiger partial charge in [0.05, 0.1) is 4.88 Å². The summed E-state index contributed by atoms with van der Waals surface area (Å²) in [6, 6.07) is 2.19. The van der Waals surface area contributed by atoms with E-state index in [9.17, 15) is 0 Å². The normalized spacial score (nSPS) is 10.9. The van der Waals surface area contributed by atoms with Crippen LogP contribution in [0.3, 0.4) is 0 Å². The summed E-state index contributed by atoms with van der Waals surface area (Å²) in [4.78, 5) is 2.58. The van der Waals surface area contributed by atoms with E-state index in [0.717, 1.165) is 22.9 Å². The van der Waals surface area contributed by atoms with Crippen LogP contribution in [0.15, 0.2) is 6.07 Å². The summed E-state index contributed by atoms with van der Waals surface area (Å²) in [6.07, 6.45) is 1.93. The highest BCUT2D eigenvalue weighted by Crippen LogP contribution is 2.32. The van der Waals surface area contributed by atoms with Crippen LogP contribution >= 0.6 is 22.7 Å². The van der Waals surface area contributed by atoms with E-state index >= 15 is 0 Å². The zero-order valence-electron chi connectivity index (χ0n) is 9.49. The molecule has 0 radical (unpaired) electrons. The van der Waals surface area contributed by atoms with Crippen molar-refractivity contribution in [3.63, 3.8) is 0 Å². The van der Waals surface area contributed by atoms with Crippen molar-refractivity contribution in [1.29, 1.82) is 0 Å². The van der Waals surface area contributed by atoms with Crippen molar-refractivity contribution < 1.29 is 0 Å². The summed E-state index contributed by atoms with van der Waals surface area (Å²) >= 11 is 3.47. The van der Waals surface area contributed by atoms with Crippen molar-refractivity contribution in [2.24, 2.45) is 5.73 Å². The van der Waals surface area contributed by atoms with Crippen LogP contribution in [0.5, 0.6) is 0 Å². The highest BCUT2D eigenvalue weighted by Gasteiger charge is 2.09. The standard InChI is InChI=1S/C11H15N3S2/c1-7-6-9(15-8(7)2)11-14-13-10(16-11)4-3-5-12/h6H,3-5,12H2,1-2H3. The molecule has 0 spiro atoms. The molecule has 2 heterocycles. The van der Waals surface area contributed by atoms with Gasteiger partial charge in [-0.3, -0.25) is 0 Å². The first-order valence-electron chi connectivity index (χ1n) is 5.30. The SMILES string of the molecule is Cc1cc(-c2nnc(CCCN)s2)sc1C. The Kier molecular flexibility index (Phi) is 3.68. The van der Waals surface area contributed by atoms with Gasteiger partial charge in [-0.25, -0.2) is 0 Å². The first-order valence-corrected chi connectivity index (χ1v) is 6.94. The Balaban J connectivity index is 2.18. The second kappa shape index (κ2) is 5.03. The van der Waals surface area contributed by atoms with Crippen LogP contribution in [-0.2, 0) is 6.42 Å². The predicted octanol–water partition coefficient (Wildman–Crippen LogP) is 2.77. The maximum absolute atomic E-state index is 5.48. The number of hydrogen-bond acceptors (Lipinski definition) is 5. The van der Waals surface area contributed by atoms with Crippen LogP contribution in [0.25, 0.3) is 9.88 Å². The zero-order chi connectivity index (χ0) is 11.5. The lowest BCUT2D eigenvalue weighted by atomic mass is 10.3. The number of aromatic nitrogens is 2. The highest BCUT2D eigenvalue weighted by molar-refractivity contribution is 7.21. The summed E-state index contributed by atoms with van der Waals surface area (Å²) < 4.78 is 0. The van der Waals surface area contributed by atoms with Crippen LogP contribution < -0.4 is 5.73 Å². The Bertz CT molecular complexity index is 454. The molecule has 0 saturated heterocycles. The molecule has 0 fully saturated rings. The van der Waals surface area contributed by atoms with Gasteiger partial charge in [0.2, 0.25) is 0 Å². The highest BCUT2D eigenvalue weighted by atomic mass is 32.1. The zero-order valence-corrected chi connectivity index (χ0v) is 11.1. The fourth-order valence-corrected chi connectivity index (χ4v) is 3.34. The maximum atomic E-state index is 5.48. The van der Waals surface area contributed by atoms with Crippen molar-refractivity contribution in [1.82, 2.24) is 10.2 Å². The molecule has 0 bridgehead atoms. The van der Waals surface area contributed by atoms with Crippen molar-refractivity contribution in [2.45, 2.75) is 26.7 Å². The monoisotopic (exact) mass is 253 g/mol. The van der Waals surface area contributed by atoms with E-state index < -0.39 is 0 Å². The predicted molar refractivity (Wildman–Crippen MR) is 70.1 cm³/mol. The first-order chi connectivity index (χ1) is 7.70. The van der Waals surface area contributed by atoms with Crippen molar-refractivity contribution in [3.8, 4) is 9.88 Å². The van der Waals surface area contributed by atoms with Crippen LogP contribution in [0.4, 0.5) is 0 Å². The lowest BCUT2D eigenvalue weighted by Crippen LogP contribution is -1.99. The smallest absolute Gasteiger partial charge is 0.157 e. The van der Waals surface area contributed by atoms with Gasteiger partial charge in [0, 0.05) is 11.3 Å². The lowest BCUT2D eigenvalue weighted by Gasteiger charge is -1.89. The van der Waals surface area contributed by atoms with E-state index in [2.05, 4.69) is 30.1 Å². The molecule has 16 heavy (non-hydrogen) atoms. The molecule has 5 heteroatoms. The number of nitrogens with zero attached hydrogens (tertiary/aromatic N) is 2. The molecule has 0 aliphatic rings. The first kappa shape index (κ1) is 11.7. The van der Waals surface area contributed by atoms with Gasteiger partial charge in [-0.15, -0.1) is 21.5 Å². The summed E-state index contributed by atoms with van der Waals surface area (Å²) in [5, 5.41) is 10.5. The molecule has 2 N–H and O–H groups in total. The van der Waals surface area contributed by atoms with Crippen molar-refractivity contribution in [3.05, 3.63) is 21.5 Å². The van der Waals surface area contributed by atoms with E-state index in [-0.39, 0.29) is 0 Å². The van der Waals surface area contributed by atoms with Crippen molar-refractivity contribution >= 4 is 22.7 Å². The molecule has 0 saturated carbocycles. The molecule has 0 atom stereocenters. The number of nitrogens with two attached hydrogens (primary N) is 1. The summed E-state index contributed by atoms with van der Waals surface area (Å²) in [7, 11) is 0. The van der Waals surface area contributed by atoms with Gasteiger partial charge < -0.3 is 5.73 Å². The van der Waals surface area contributed by atoms with Crippen LogP contribution in [0, 0.1) is 13.8 Å². The van der Waals surface area contributed by atoms with Gasteiger partial charge in [0.15, 0.2) is 5.01 Å². The average molecular weight is 253 g/mol. The van der Waals surface area contributed by atoms with Gasteiger partial charge in [-0.1, -0.05) is 11.3 Å². The molecular formula is C11H15N3S2. The van der Waals surface area contributed by atoms with E-state index in [1.165, 1.54) is 15.3 Å². The van der Waals surface area contributed by atoms with Gasteiger partial charge in [-0.2, -0.15) is 0 Å². The number of thiophene rings is 1. The average Bonchev–Trinajstić information content (AvgIpc) is 2.84. The van der Waals surface area contributed by atoms with Gasteiger partial charge >= 0.3 is 0 Å².